The van der Waals surface area contributed by atoms with Crippen molar-refractivity contribution in [2.45, 2.75) is 26.8 Å². The SMILES string of the molecule is CC.Cn1ncc2c1CCNC2. The lowest BCUT2D eigenvalue weighted by atomic mass is 10.1. The van der Waals surface area contributed by atoms with Gasteiger partial charge in [0.1, 0.15) is 0 Å². The van der Waals surface area contributed by atoms with E-state index in [0.29, 0.717) is 0 Å². The Morgan fingerprint density at radius 3 is 2.92 bits per heavy atom. The van der Waals surface area contributed by atoms with Crippen LogP contribution in [0.2, 0.25) is 0 Å². The topological polar surface area (TPSA) is 29.9 Å². The van der Waals surface area contributed by atoms with Crippen LogP contribution >= 0.6 is 0 Å². The third-order valence-electron chi connectivity index (χ3n) is 2.00. The van der Waals surface area contributed by atoms with Gasteiger partial charge < -0.3 is 5.32 Å². The second-order valence-corrected chi connectivity index (χ2v) is 2.67. The molecule has 2 heterocycles. The van der Waals surface area contributed by atoms with Crippen LogP contribution in [0.25, 0.3) is 0 Å². The molecule has 12 heavy (non-hydrogen) atoms. The number of hydrogen-bond donors (Lipinski definition) is 1. The predicted molar refractivity (Wildman–Crippen MR) is 50.0 cm³/mol. The Morgan fingerprint density at radius 2 is 2.25 bits per heavy atom. The molecule has 1 aromatic rings. The van der Waals surface area contributed by atoms with Crippen LogP contribution in [0.15, 0.2) is 6.20 Å². The van der Waals surface area contributed by atoms with Gasteiger partial charge in [0.05, 0.1) is 6.20 Å². The summed E-state index contributed by atoms with van der Waals surface area (Å²) in [6.45, 7) is 6.08. The molecule has 2 rings (SSSR count). The number of nitrogens with one attached hydrogen (secondary N) is 1. The van der Waals surface area contributed by atoms with Crippen molar-refractivity contribution in [2.75, 3.05) is 6.54 Å². The maximum Gasteiger partial charge on any atom is 0.0537 e. The molecule has 1 aromatic heterocycles. The fraction of sp³-hybridized carbons (Fsp3) is 0.667. The Kier molecular flexibility index (Phi) is 3.29. The fourth-order valence-electron chi connectivity index (χ4n) is 1.41. The van der Waals surface area contributed by atoms with Crippen molar-refractivity contribution in [3.05, 3.63) is 17.5 Å². The summed E-state index contributed by atoms with van der Waals surface area (Å²) >= 11 is 0. The molecule has 0 aliphatic carbocycles. The van der Waals surface area contributed by atoms with Crippen LogP contribution in [0.3, 0.4) is 0 Å². The van der Waals surface area contributed by atoms with Crippen LogP contribution in [-0.2, 0) is 20.0 Å². The number of aromatic nitrogens is 2. The van der Waals surface area contributed by atoms with Crippen molar-refractivity contribution in [3.8, 4) is 0 Å². The molecule has 3 heteroatoms. The van der Waals surface area contributed by atoms with Gasteiger partial charge in [0.2, 0.25) is 0 Å². The van der Waals surface area contributed by atoms with Crippen molar-refractivity contribution in [1.82, 2.24) is 15.1 Å². The van der Waals surface area contributed by atoms with E-state index in [1.807, 2.05) is 31.8 Å². The molecule has 0 radical (unpaired) electrons. The Bertz CT molecular complexity index is 240. The van der Waals surface area contributed by atoms with Gasteiger partial charge in [0.25, 0.3) is 0 Å². The Labute approximate surface area is 73.8 Å². The van der Waals surface area contributed by atoms with Crippen LogP contribution in [0.5, 0.6) is 0 Å². The van der Waals surface area contributed by atoms with E-state index < -0.39 is 0 Å². The van der Waals surface area contributed by atoms with E-state index in [4.69, 9.17) is 0 Å². The molecule has 0 bridgehead atoms. The number of rotatable bonds is 0. The first kappa shape index (κ1) is 9.26. The van der Waals surface area contributed by atoms with E-state index in [2.05, 4.69) is 10.4 Å². The summed E-state index contributed by atoms with van der Waals surface area (Å²) in [4.78, 5) is 0. The molecule has 0 spiro atoms. The molecule has 68 valence electrons. The lowest BCUT2D eigenvalue weighted by Gasteiger charge is -2.12. The standard InChI is InChI=1S/C7H11N3.C2H6/c1-10-7-2-3-8-4-6(7)5-9-10;1-2/h5,8H,2-4H2,1H3;1-2H3. The van der Waals surface area contributed by atoms with Crippen LogP contribution < -0.4 is 5.32 Å². The first-order valence-corrected chi connectivity index (χ1v) is 4.58. The van der Waals surface area contributed by atoms with E-state index in [-0.39, 0.29) is 0 Å². The lowest BCUT2D eigenvalue weighted by molar-refractivity contribution is 0.604. The molecule has 1 N–H and O–H groups in total. The maximum absolute atomic E-state index is 4.17. The lowest BCUT2D eigenvalue weighted by Crippen LogP contribution is -2.24. The summed E-state index contributed by atoms with van der Waals surface area (Å²) < 4.78 is 1.97. The minimum atomic E-state index is 0.989. The molecule has 0 saturated heterocycles. The average molecular weight is 167 g/mol. The first-order valence-electron chi connectivity index (χ1n) is 4.58. The summed E-state index contributed by atoms with van der Waals surface area (Å²) in [5, 5.41) is 7.48. The van der Waals surface area contributed by atoms with Crippen molar-refractivity contribution in [2.24, 2.45) is 7.05 Å². The monoisotopic (exact) mass is 167 g/mol. The molecule has 0 unspecified atom stereocenters. The van der Waals surface area contributed by atoms with Crippen molar-refractivity contribution >= 4 is 0 Å². The Balaban J connectivity index is 0.000000336. The van der Waals surface area contributed by atoms with Gasteiger partial charge in [-0.15, -0.1) is 0 Å². The Morgan fingerprint density at radius 1 is 1.50 bits per heavy atom. The summed E-state index contributed by atoms with van der Waals surface area (Å²) in [6.07, 6.45) is 3.06. The van der Waals surface area contributed by atoms with Crippen LogP contribution in [0, 0.1) is 0 Å². The maximum atomic E-state index is 4.17. The quantitative estimate of drug-likeness (QED) is 0.627. The van der Waals surface area contributed by atoms with E-state index in [0.717, 1.165) is 19.5 Å². The highest BCUT2D eigenvalue weighted by atomic mass is 15.3. The number of aryl methyl sites for hydroxylation is 1. The molecule has 0 fully saturated rings. The van der Waals surface area contributed by atoms with Gasteiger partial charge in [-0.2, -0.15) is 5.10 Å². The zero-order valence-corrected chi connectivity index (χ0v) is 8.09. The minimum absolute atomic E-state index is 0.989. The smallest absolute Gasteiger partial charge is 0.0537 e. The van der Waals surface area contributed by atoms with Crippen molar-refractivity contribution < 1.29 is 0 Å². The first-order chi connectivity index (χ1) is 5.88. The average Bonchev–Trinajstić information content (AvgIpc) is 2.53. The third kappa shape index (κ3) is 1.67. The van der Waals surface area contributed by atoms with Crippen LogP contribution in [-0.4, -0.2) is 16.3 Å². The molecular formula is C9H17N3. The van der Waals surface area contributed by atoms with Gasteiger partial charge in [-0.1, -0.05) is 13.8 Å². The highest BCUT2D eigenvalue weighted by molar-refractivity contribution is 5.19. The van der Waals surface area contributed by atoms with Gasteiger partial charge in [-0.3, -0.25) is 4.68 Å². The number of fused-ring (bicyclic) bond motifs is 1. The zero-order chi connectivity index (χ0) is 8.97. The Hall–Kier alpha value is -0.830. The van der Waals surface area contributed by atoms with Crippen molar-refractivity contribution in [3.63, 3.8) is 0 Å². The third-order valence-corrected chi connectivity index (χ3v) is 2.00. The number of hydrogen-bond acceptors (Lipinski definition) is 2. The highest BCUT2D eigenvalue weighted by Crippen LogP contribution is 2.10. The summed E-state index contributed by atoms with van der Waals surface area (Å²) in [5.74, 6) is 0. The predicted octanol–water partition coefficient (Wildman–Crippen LogP) is 1.09. The van der Waals surface area contributed by atoms with E-state index in [1.54, 1.807) is 0 Å². The summed E-state index contributed by atoms with van der Waals surface area (Å²) in [5.41, 5.74) is 2.74. The van der Waals surface area contributed by atoms with Gasteiger partial charge in [0, 0.05) is 37.8 Å². The largest absolute Gasteiger partial charge is 0.312 e. The van der Waals surface area contributed by atoms with Crippen molar-refractivity contribution in [1.29, 1.82) is 0 Å². The minimum Gasteiger partial charge on any atom is -0.312 e. The molecule has 0 atom stereocenters. The molecule has 0 saturated carbocycles. The van der Waals surface area contributed by atoms with Crippen LogP contribution in [0.1, 0.15) is 25.1 Å². The second kappa shape index (κ2) is 4.26. The van der Waals surface area contributed by atoms with E-state index in [9.17, 15) is 0 Å². The van der Waals surface area contributed by atoms with Gasteiger partial charge in [-0.05, 0) is 0 Å². The zero-order valence-electron chi connectivity index (χ0n) is 8.09. The van der Waals surface area contributed by atoms with Gasteiger partial charge >= 0.3 is 0 Å². The molecule has 0 amide bonds. The number of nitrogens with zero attached hydrogens (tertiary/aromatic N) is 2. The molecular weight excluding hydrogens is 150 g/mol. The van der Waals surface area contributed by atoms with Gasteiger partial charge in [-0.25, -0.2) is 0 Å². The summed E-state index contributed by atoms with van der Waals surface area (Å²) in [7, 11) is 2.00. The molecule has 0 aromatic carbocycles. The van der Waals surface area contributed by atoms with E-state index in [1.165, 1.54) is 11.3 Å². The molecule has 1 aliphatic rings. The molecule has 3 nitrogen and oxygen atoms in total. The fourth-order valence-corrected chi connectivity index (χ4v) is 1.41. The summed E-state index contributed by atoms with van der Waals surface area (Å²) in [6, 6.07) is 0. The van der Waals surface area contributed by atoms with E-state index >= 15 is 0 Å². The normalized spacial score (nSPS) is 14.6. The second-order valence-electron chi connectivity index (χ2n) is 2.67. The van der Waals surface area contributed by atoms with Crippen LogP contribution in [0.4, 0.5) is 0 Å². The van der Waals surface area contributed by atoms with Gasteiger partial charge in [0.15, 0.2) is 0 Å². The highest BCUT2D eigenvalue weighted by Gasteiger charge is 2.11. The molecule has 1 aliphatic heterocycles.